The molecule has 0 saturated heterocycles. The Labute approximate surface area is 115 Å². The Hall–Kier alpha value is -2.75. The number of hydrogen-bond acceptors (Lipinski definition) is 3. The molecule has 4 aromatic rings. The third kappa shape index (κ3) is 1.58. The molecule has 0 aliphatic carbocycles. The van der Waals surface area contributed by atoms with E-state index in [2.05, 4.69) is 10.2 Å². The van der Waals surface area contributed by atoms with Crippen LogP contribution in [0, 0.1) is 0 Å². The number of furan rings is 1. The molecule has 0 unspecified atom stereocenters. The molecule has 2 heterocycles. The van der Waals surface area contributed by atoms with Gasteiger partial charge in [-0.15, -0.1) is 0 Å². The van der Waals surface area contributed by atoms with Crippen molar-refractivity contribution in [2.24, 2.45) is 0 Å². The molecule has 4 rings (SSSR count). The molecule has 4 heteroatoms. The second-order valence-corrected chi connectivity index (χ2v) is 4.65. The highest BCUT2D eigenvalue weighted by atomic mass is 16.5. The Balaban J connectivity index is 1.95. The largest absolute Gasteiger partial charge is 0.497 e. The van der Waals surface area contributed by atoms with Crippen molar-refractivity contribution < 1.29 is 9.15 Å². The van der Waals surface area contributed by atoms with Crippen LogP contribution in [0.3, 0.4) is 0 Å². The highest BCUT2D eigenvalue weighted by Gasteiger charge is 2.11. The van der Waals surface area contributed by atoms with Gasteiger partial charge in [0, 0.05) is 16.3 Å². The van der Waals surface area contributed by atoms with Crippen LogP contribution in [0.25, 0.3) is 33.2 Å². The van der Waals surface area contributed by atoms with E-state index in [4.69, 9.17) is 9.15 Å². The average Bonchev–Trinajstić information content (AvgIpc) is 3.12. The average molecular weight is 264 g/mol. The first-order chi connectivity index (χ1) is 9.85. The Morgan fingerprint density at radius 2 is 2.10 bits per heavy atom. The summed E-state index contributed by atoms with van der Waals surface area (Å²) in [6, 6.07) is 13.8. The Morgan fingerprint density at radius 3 is 3.00 bits per heavy atom. The van der Waals surface area contributed by atoms with E-state index >= 15 is 0 Å². The zero-order chi connectivity index (χ0) is 13.5. The summed E-state index contributed by atoms with van der Waals surface area (Å²) in [5.74, 6) is 1.66. The Bertz CT molecular complexity index is 905. The van der Waals surface area contributed by atoms with Crippen LogP contribution in [0.15, 0.2) is 53.1 Å². The molecular weight excluding hydrogens is 252 g/mol. The van der Waals surface area contributed by atoms with Crippen molar-refractivity contribution in [1.29, 1.82) is 0 Å². The van der Waals surface area contributed by atoms with E-state index in [0.717, 1.165) is 38.9 Å². The first-order valence-corrected chi connectivity index (χ1v) is 6.35. The minimum atomic E-state index is 0.825. The van der Waals surface area contributed by atoms with Gasteiger partial charge in [-0.1, -0.05) is 12.1 Å². The molecule has 0 atom stereocenters. The molecule has 4 nitrogen and oxygen atoms in total. The van der Waals surface area contributed by atoms with Crippen LogP contribution in [0.4, 0.5) is 0 Å². The van der Waals surface area contributed by atoms with E-state index < -0.39 is 0 Å². The molecule has 0 radical (unpaired) electrons. The van der Waals surface area contributed by atoms with E-state index in [9.17, 15) is 0 Å². The highest BCUT2D eigenvalue weighted by Crippen LogP contribution is 2.33. The number of aromatic nitrogens is 2. The van der Waals surface area contributed by atoms with Gasteiger partial charge in [-0.05, 0) is 30.3 Å². The number of ether oxygens (including phenoxy) is 1. The van der Waals surface area contributed by atoms with Crippen LogP contribution in [0.2, 0.25) is 0 Å². The van der Waals surface area contributed by atoms with E-state index in [0.29, 0.717) is 0 Å². The molecule has 0 aliphatic heterocycles. The van der Waals surface area contributed by atoms with Gasteiger partial charge in [0.15, 0.2) is 0 Å². The predicted octanol–water partition coefficient (Wildman–Crippen LogP) is 3.98. The smallest absolute Gasteiger partial charge is 0.136 e. The van der Waals surface area contributed by atoms with Crippen LogP contribution in [0.5, 0.6) is 5.75 Å². The fourth-order valence-corrected chi connectivity index (χ4v) is 2.46. The first-order valence-electron chi connectivity index (χ1n) is 6.35. The molecule has 0 fully saturated rings. The number of benzene rings is 2. The Kier molecular flexibility index (Phi) is 2.29. The third-order valence-electron chi connectivity index (χ3n) is 3.47. The van der Waals surface area contributed by atoms with Crippen molar-refractivity contribution >= 4 is 21.9 Å². The highest BCUT2D eigenvalue weighted by molar-refractivity contribution is 5.95. The lowest BCUT2D eigenvalue weighted by molar-refractivity contribution is 0.415. The zero-order valence-electron chi connectivity index (χ0n) is 10.9. The normalized spacial score (nSPS) is 11.2. The van der Waals surface area contributed by atoms with Crippen LogP contribution in [-0.2, 0) is 0 Å². The van der Waals surface area contributed by atoms with Gasteiger partial charge in [-0.2, -0.15) is 5.10 Å². The lowest BCUT2D eigenvalue weighted by Crippen LogP contribution is -1.79. The van der Waals surface area contributed by atoms with Gasteiger partial charge >= 0.3 is 0 Å². The molecule has 0 spiro atoms. The van der Waals surface area contributed by atoms with Gasteiger partial charge in [-0.25, -0.2) is 0 Å². The molecule has 2 aromatic carbocycles. The molecule has 0 saturated carbocycles. The maximum Gasteiger partial charge on any atom is 0.136 e. The number of methoxy groups -OCH3 is 1. The third-order valence-corrected chi connectivity index (χ3v) is 3.47. The van der Waals surface area contributed by atoms with Gasteiger partial charge in [0.2, 0.25) is 0 Å². The summed E-state index contributed by atoms with van der Waals surface area (Å²) in [5, 5.41) is 9.13. The summed E-state index contributed by atoms with van der Waals surface area (Å²) in [6.45, 7) is 0. The van der Waals surface area contributed by atoms with Crippen molar-refractivity contribution in [3.8, 4) is 17.1 Å². The number of aromatic amines is 1. The molecule has 0 amide bonds. The van der Waals surface area contributed by atoms with Gasteiger partial charge in [0.1, 0.15) is 17.1 Å². The number of nitrogens with zero attached hydrogens (tertiary/aromatic N) is 1. The van der Waals surface area contributed by atoms with Crippen LogP contribution < -0.4 is 4.74 Å². The summed E-state index contributed by atoms with van der Waals surface area (Å²) in [6.07, 6.45) is 1.82. The van der Waals surface area contributed by atoms with Crippen molar-refractivity contribution in [2.45, 2.75) is 0 Å². The summed E-state index contributed by atoms with van der Waals surface area (Å²) in [7, 11) is 1.66. The monoisotopic (exact) mass is 264 g/mol. The first kappa shape index (κ1) is 11.1. The molecule has 20 heavy (non-hydrogen) atoms. The van der Waals surface area contributed by atoms with Crippen molar-refractivity contribution in [2.75, 3.05) is 7.11 Å². The number of rotatable bonds is 2. The SMILES string of the molecule is COc1ccc2oc(-c3cccc4[nH]ncc34)cc2c1. The minimum Gasteiger partial charge on any atom is -0.497 e. The van der Waals surface area contributed by atoms with Gasteiger partial charge in [-0.3, -0.25) is 5.10 Å². The summed E-state index contributed by atoms with van der Waals surface area (Å²) in [4.78, 5) is 0. The second-order valence-electron chi connectivity index (χ2n) is 4.65. The molecule has 1 N–H and O–H groups in total. The minimum absolute atomic E-state index is 0.825. The van der Waals surface area contributed by atoms with Crippen molar-refractivity contribution in [1.82, 2.24) is 10.2 Å². The van der Waals surface area contributed by atoms with E-state index in [1.54, 1.807) is 7.11 Å². The maximum absolute atomic E-state index is 5.93. The van der Waals surface area contributed by atoms with Crippen molar-refractivity contribution in [3.05, 3.63) is 48.7 Å². The number of H-pyrrole nitrogens is 1. The summed E-state index contributed by atoms with van der Waals surface area (Å²) in [5.41, 5.74) is 2.88. The molecular formula is C16H12N2O2. The number of nitrogens with one attached hydrogen (secondary N) is 1. The fourth-order valence-electron chi connectivity index (χ4n) is 2.46. The zero-order valence-corrected chi connectivity index (χ0v) is 10.9. The van der Waals surface area contributed by atoms with E-state index in [1.807, 2.05) is 48.7 Å². The fraction of sp³-hybridized carbons (Fsp3) is 0.0625. The van der Waals surface area contributed by atoms with Crippen LogP contribution in [0.1, 0.15) is 0 Å². The van der Waals surface area contributed by atoms with E-state index in [1.165, 1.54) is 0 Å². The molecule has 2 aromatic heterocycles. The van der Waals surface area contributed by atoms with Crippen molar-refractivity contribution in [3.63, 3.8) is 0 Å². The standard InChI is InChI=1S/C16H12N2O2/c1-19-11-5-6-15-10(7-11)8-16(20-15)12-3-2-4-14-13(12)9-17-18-14/h2-9H,1H3,(H,17,18). The molecule has 0 aliphatic rings. The lowest BCUT2D eigenvalue weighted by Gasteiger charge is -1.97. The maximum atomic E-state index is 5.93. The Morgan fingerprint density at radius 1 is 1.15 bits per heavy atom. The second kappa shape index (κ2) is 4.13. The summed E-state index contributed by atoms with van der Waals surface area (Å²) < 4.78 is 11.2. The van der Waals surface area contributed by atoms with E-state index in [-0.39, 0.29) is 0 Å². The number of hydrogen-bond donors (Lipinski definition) is 1. The summed E-state index contributed by atoms with van der Waals surface area (Å²) >= 11 is 0. The molecule has 98 valence electrons. The van der Waals surface area contributed by atoms with Gasteiger partial charge in [0.25, 0.3) is 0 Å². The molecule has 0 bridgehead atoms. The number of fused-ring (bicyclic) bond motifs is 2. The predicted molar refractivity (Wildman–Crippen MR) is 77.9 cm³/mol. The van der Waals surface area contributed by atoms with Crippen LogP contribution >= 0.6 is 0 Å². The lowest BCUT2D eigenvalue weighted by atomic mass is 10.1. The van der Waals surface area contributed by atoms with Gasteiger partial charge in [0.05, 0.1) is 18.8 Å². The van der Waals surface area contributed by atoms with Gasteiger partial charge < -0.3 is 9.15 Å². The van der Waals surface area contributed by atoms with Crippen LogP contribution in [-0.4, -0.2) is 17.3 Å². The quantitative estimate of drug-likeness (QED) is 0.595. The topological polar surface area (TPSA) is 51.0 Å².